The number of rotatable bonds is 5. The molecule has 3 aromatic heterocycles. The number of hydrogen-bond donors (Lipinski definition) is 1. The van der Waals surface area contributed by atoms with Gasteiger partial charge in [-0.3, -0.25) is 13.9 Å². The second kappa shape index (κ2) is 8.22. The van der Waals surface area contributed by atoms with Crippen LogP contribution in [0, 0.1) is 0 Å². The number of hydrogen-bond acceptors (Lipinski definition) is 6. The van der Waals surface area contributed by atoms with Crippen LogP contribution in [0.1, 0.15) is 31.2 Å². The number of tetrazole rings is 1. The Kier molecular flexibility index (Phi) is 5.20. The van der Waals surface area contributed by atoms with E-state index in [0.29, 0.717) is 23.5 Å². The Morgan fingerprint density at radius 2 is 1.65 bits per heavy atom. The van der Waals surface area contributed by atoms with Crippen LogP contribution in [0.15, 0.2) is 58.1 Å². The zero-order valence-corrected chi connectivity index (χ0v) is 19.4. The molecule has 10 heteroatoms. The van der Waals surface area contributed by atoms with Gasteiger partial charge in [0.25, 0.3) is 5.56 Å². The van der Waals surface area contributed by atoms with Gasteiger partial charge < -0.3 is 4.57 Å². The molecular formula is C24H24N8O2. The zero-order valence-electron chi connectivity index (χ0n) is 19.4. The predicted octanol–water partition coefficient (Wildman–Crippen LogP) is 2.45. The highest BCUT2D eigenvalue weighted by Gasteiger charge is 2.21. The fourth-order valence-electron chi connectivity index (χ4n) is 4.25. The summed E-state index contributed by atoms with van der Waals surface area (Å²) >= 11 is 0. The summed E-state index contributed by atoms with van der Waals surface area (Å²) in [7, 11) is 3.13. The number of aromatic nitrogens is 8. The van der Waals surface area contributed by atoms with E-state index in [-0.39, 0.29) is 17.2 Å². The highest BCUT2D eigenvalue weighted by Crippen LogP contribution is 2.30. The Morgan fingerprint density at radius 1 is 0.941 bits per heavy atom. The van der Waals surface area contributed by atoms with Gasteiger partial charge in [0, 0.05) is 32.1 Å². The van der Waals surface area contributed by atoms with E-state index in [9.17, 15) is 9.59 Å². The summed E-state index contributed by atoms with van der Waals surface area (Å²) in [6.07, 6.45) is 0. The third-order valence-corrected chi connectivity index (χ3v) is 6.03. The van der Waals surface area contributed by atoms with Crippen molar-refractivity contribution in [3.8, 4) is 22.5 Å². The molecule has 0 amide bonds. The third-order valence-electron chi connectivity index (χ3n) is 6.03. The SMILES string of the molecule is CC(C)c1nc2c(c(=O)n(C)c(=O)n2C)n1Cc1ccc(-c2ccccc2-c2nnn[nH]2)cc1. The van der Waals surface area contributed by atoms with Crippen molar-refractivity contribution in [2.45, 2.75) is 26.3 Å². The molecule has 5 aromatic rings. The summed E-state index contributed by atoms with van der Waals surface area (Å²) in [6, 6.07) is 16.1. The molecule has 0 atom stereocenters. The maximum atomic E-state index is 13.0. The van der Waals surface area contributed by atoms with Gasteiger partial charge in [-0.15, -0.1) is 5.10 Å². The highest BCUT2D eigenvalue weighted by atomic mass is 16.2. The minimum atomic E-state index is -0.387. The fourth-order valence-corrected chi connectivity index (χ4v) is 4.25. The van der Waals surface area contributed by atoms with Gasteiger partial charge in [-0.05, 0) is 27.1 Å². The van der Waals surface area contributed by atoms with Crippen molar-refractivity contribution in [2.75, 3.05) is 0 Å². The molecule has 0 radical (unpaired) electrons. The van der Waals surface area contributed by atoms with Crippen LogP contribution < -0.4 is 11.2 Å². The van der Waals surface area contributed by atoms with Crippen LogP contribution in [0.2, 0.25) is 0 Å². The smallest absolute Gasteiger partial charge is 0.317 e. The fraction of sp³-hybridized carbons (Fsp3) is 0.250. The highest BCUT2D eigenvalue weighted by molar-refractivity contribution is 5.80. The first-order chi connectivity index (χ1) is 16.4. The van der Waals surface area contributed by atoms with E-state index < -0.39 is 0 Å². The summed E-state index contributed by atoms with van der Waals surface area (Å²) in [5, 5.41) is 14.2. The van der Waals surface area contributed by atoms with Crippen LogP contribution in [0.3, 0.4) is 0 Å². The summed E-state index contributed by atoms with van der Waals surface area (Å²) in [5.41, 5.74) is 4.06. The number of nitrogens with zero attached hydrogens (tertiary/aromatic N) is 7. The van der Waals surface area contributed by atoms with Crippen molar-refractivity contribution < 1.29 is 0 Å². The quantitative estimate of drug-likeness (QED) is 0.434. The Balaban J connectivity index is 1.58. The molecule has 34 heavy (non-hydrogen) atoms. The van der Waals surface area contributed by atoms with Gasteiger partial charge in [0.05, 0.1) is 0 Å². The van der Waals surface area contributed by atoms with Gasteiger partial charge in [0.1, 0.15) is 5.82 Å². The van der Waals surface area contributed by atoms with E-state index in [4.69, 9.17) is 0 Å². The van der Waals surface area contributed by atoms with Gasteiger partial charge in [-0.25, -0.2) is 14.9 Å². The van der Waals surface area contributed by atoms with E-state index >= 15 is 0 Å². The number of benzene rings is 2. The molecule has 0 spiro atoms. The topological polar surface area (TPSA) is 116 Å². The van der Waals surface area contributed by atoms with Gasteiger partial charge in [-0.2, -0.15) is 0 Å². The number of imidazole rings is 1. The van der Waals surface area contributed by atoms with Crippen molar-refractivity contribution in [3.05, 3.63) is 80.8 Å². The molecule has 0 aliphatic carbocycles. The molecule has 1 N–H and O–H groups in total. The number of aromatic amines is 1. The molecule has 0 fully saturated rings. The Morgan fingerprint density at radius 3 is 2.29 bits per heavy atom. The molecule has 5 rings (SSSR count). The molecule has 2 aromatic carbocycles. The maximum Gasteiger partial charge on any atom is 0.332 e. The number of fused-ring (bicyclic) bond motifs is 1. The first kappa shape index (κ1) is 21.5. The molecule has 3 heterocycles. The van der Waals surface area contributed by atoms with E-state index in [1.807, 2.05) is 66.9 Å². The first-order valence-electron chi connectivity index (χ1n) is 11.0. The lowest BCUT2D eigenvalue weighted by atomic mass is 9.98. The predicted molar refractivity (Wildman–Crippen MR) is 128 cm³/mol. The molecule has 10 nitrogen and oxygen atoms in total. The van der Waals surface area contributed by atoms with Crippen molar-refractivity contribution in [1.82, 2.24) is 39.3 Å². The number of aryl methyl sites for hydroxylation is 1. The van der Waals surface area contributed by atoms with Gasteiger partial charge >= 0.3 is 5.69 Å². The van der Waals surface area contributed by atoms with Crippen LogP contribution >= 0.6 is 0 Å². The van der Waals surface area contributed by atoms with E-state index in [2.05, 4.69) is 25.6 Å². The van der Waals surface area contributed by atoms with Crippen molar-refractivity contribution in [3.63, 3.8) is 0 Å². The average Bonchev–Trinajstić information content (AvgIpc) is 3.51. The summed E-state index contributed by atoms with van der Waals surface area (Å²) in [4.78, 5) is 30.1. The first-order valence-corrected chi connectivity index (χ1v) is 11.0. The van der Waals surface area contributed by atoms with Crippen LogP contribution in [-0.4, -0.2) is 39.3 Å². The largest absolute Gasteiger partial charge is 0.332 e. The summed E-state index contributed by atoms with van der Waals surface area (Å²) in [6.45, 7) is 4.52. The average molecular weight is 457 g/mol. The minimum absolute atomic E-state index is 0.0777. The Bertz CT molecular complexity index is 1610. The van der Waals surface area contributed by atoms with E-state index in [1.165, 1.54) is 11.6 Å². The molecule has 0 saturated heterocycles. The molecule has 0 aliphatic heterocycles. The normalized spacial score (nSPS) is 11.6. The molecule has 0 bridgehead atoms. The van der Waals surface area contributed by atoms with Gasteiger partial charge in [0.2, 0.25) is 0 Å². The van der Waals surface area contributed by atoms with Crippen LogP contribution in [-0.2, 0) is 20.6 Å². The summed E-state index contributed by atoms with van der Waals surface area (Å²) < 4.78 is 4.48. The minimum Gasteiger partial charge on any atom is -0.317 e. The van der Waals surface area contributed by atoms with Crippen molar-refractivity contribution in [2.24, 2.45) is 14.1 Å². The number of nitrogens with one attached hydrogen (secondary N) is 1. The van der Waals surface area contributed by atoms with Crippen molar-refractivity contribution in [1.29, 1.82) is 0 Å². The van der Waals surface area contributed by atoms with Crippen LogP contribution in [0.4, 0.5) is 0 Å². The molecule has 172 valence electrons. The third kappa shape index (κ3) is 3.43. The zero-order chi connectivity index (χ0) is 24.0. The Hall–Kier alpha value is -4.34. The monoisotopic (exact) mass is 456 g/mol. The Labute approximate surface area is 194 Å². The lowest BCUT2D eigenvalue weighted by Crippen LogP contribution is -2.37. The maximum absolute atomic E-state index is 13.0. The number of H-pyrrole nitrogens is 1. The lowest BCUT2D eigenvalue weighted by molar-refractivity contribution is 0.677. The van der Waals surface area contributed by atoms with E-state index in [1.54, 1.807) is 7.05 Å². The molecule has 0 unspecified atom stereocenters. The van der Waals surface area contributed by atoms with Crippen molar-refractivity contribution >= 4 is 11.2 Å². The molecule has 0 saturated carbocycles. The standard InChI is InChI=1S/C24H24N8O2/c1-14(2)21-25-22-19(23(33)31(4)24(34)30(22)3)32(21)13-15-9-11-16(12-10-15)17-7-5-6-8-18(17)20-26-28-29-27-20/h5-12,14H,13H2,1-4H3,(H,26,27,28,29). The van der Waals surface area contributed by atoms with Gasteiger partial charge in [-0.1, -0.05) is 62.4 Å². The van der Waals surface area contributed by atoms with Crippen LogP contribution in [0.25, 0.3) is 33.7 Å². The second-order valence-electron chi connectivity index (χ2n) is 8.58. The van der Waals surface area contributed by atoms with E-state index in [0.717, 1.165) is 32.6 Å². The lowest BCUT2D eigenvalue weighted by Gasteiger charge is -2.13. The molecular weight excluding hydrogens is 432 g/mol. The van der Waals surface area contributed by atoms with Gasteiger partial charge in [0.15, 0.2) is 17.0 Å². The molecule has 0 aliphatic rings. The summed E-state index contributed by atoms with van der Waals surface area (Å²) in [5.74, 6) is 1.45. The van der Waals surface area contributed by atoms with Crippen LogP contribution in [0.5, 0.6) is 0 Å². The second-order valence-corrected chi connectivity index (χ2v) is 8.58.